The van der Waals surface area contributed by atoms with Gasteiger partial charge in [0.05, 0.1) is 24.9 Å². The Morgan fingerprint density at radius 3 is 2.54 bits per heavy atom. The van der Waals surface area contributed by atoms with Crippen molar-refractivity contribution < 1.29 is 24.1 Å². The minimum atomic E-state index is -0.706. The lowest BCUT2D eigenvalue weighted by Crippen LogP contribution is -2.42. The molecule has 5 heteroatoms. The first kappa shape index (κ1) is 20.9. The highest BCUT2D eigenvalue weighted by Crippen LogP contribution is 2.42. The summed E-state index contributed by atoms with van der Waals surface area (Å²) in [7, 11) is 1.35. The molecule has 0 aromatic heterocycles. The second-order valence-corrected chi connectivity index (χ2v) is 7.38. The molecule has 0 unspecified atom stereocenters. The molecular weight excluding hydrogens is 308 g/mol. The number of aliphatic hydroxyl groups is 1. The predicted molar refractivity (Wildman–Crippen MR) is 93.4 cm³/mol. The molecule has 0 aromatic rings. The Hall–Kier alpha value is -1.17. The Morgan fingerprint density at radius 2 is 2.00 bits per heavy atom. The topological polar surface area (TPSA) is 65.0 Å². The number of methoxy groups -OCH3 is 1. The van der Waals surface area contributed by atoms with Gasteiger partial charge in [0, 0.05) is 12.5 Å². The number of hydrogen-bond donors (Lipinski definition) is 1. The molecule has 1 rings (SSSR count). The van der Waals surface area contributed by atoms with Gasteiger partial charge in [-0.1, -0.05) is 26.0 Å². The summed E-state index contributed by atoms with van der Waals surface area (Å²) in [4.78, 5) is 11.2. The van der Waals surface area contributed by atoms with Crippen molar-refractivity contribution in [3.8, 4) is 0 Å². The van der Waals surface area contributed by atoms with Crippen LogP contribution in [-0.4, -0.2) is 41.8 Å². The molecule has 0 amide bonds. The molecule has 1 aliphatic heterocycles. The van der Waals surface area contributed by atoms with Crippen LogP contribution in [-0.2, 0) is 19.0 Å². The Balaban J connectivity index is 2.83. The highest BCUT2D eigenvalue weighted by molar-refractivity contribution is 5.81. The first-order valence-corrected chi connectivity index (χ1v) is 8.47. The summed E-state index contributed by atoms with van der Waals surface area (Å²) in [6.07, 6.45) is 5.39. The standard InChI is InChI=1S/C19H32O5/c1-8-14(3)15(20)12-19(6)16(23-18(4,5)24-19)11-13(2)9-10-17(21)22-7/h8-10,13-16,20H,1,11-12H2,2-7H3/b10-9+/t13-,14-,15+,16+,19-/m1/s1. The third-order valence-electron chi connectivity index (χ3n) is 4.53. The molecule has 1 heterocycles. The number of rotatable bonds is 8. The average molecular weight is 340 g/mol. The molecule has 1 saturated heterocycles. The van der Waals surface area contributed by atoms with Crippen molar-refractivity contribution >= 4 is 5.97 Å². The molecule has 1 aliphatic rings. The van der Waals surface area contributed by atoms with E-state index in [0.29, 0.717) is 12.8 Å². The number of esters is 1. The van der Waals surface area contributed by atoms with Crippen molar-refractivity contribution in [2.24, 2.45) is 11.8 Å². The number of carbonyl (C=O) groups excluding carboxylic acids is 1. The number of allylic oxidation sites excluding steroid dienone is 1. The smallest absolute Gasteiger partial charge is 0.330 e. The van der Waals surface area contributed by atoms with E-state index < -0.39 is 17.5 Å². The zero-order valence-corrected chi connectivity index (χ0v) is 15.7. The second kappa shape index (κ2) is 8.28. The van der Waals surface area contributed by atoms with Crippen LogP contribution in [0.3, 0.4) is 0 Å². The highest BCUT2D eigenvalue weighted by atomic mass is 16.8. The van der Waals surface area contributed by atoms with Gasteiger partial charge in [-0.25, -0.2) is 4.79 Å². The van der Waals surface area contributed by atoms with Crippen LogP contribution in [0.25, 0.3) is 0 Å². The van der Waals surface area contributed by atoms with Crippen LogP contribution >= 0.6 is 0 Å². The summed E-state index contributed by atoms with van der Waals surface area (Å²) >= 11 is 0. The largest absolute Gasteiger partial charge is 0.466 e. The normalized spacial score (nSPS) is 30.0. The van der Waals surface area contributed by atoms with Crippen LogP contribution in [0.1, 0.15) is 47.5 Å². The van der Waals surface area contributed by atoms with Gasteiger partial charge in [-0.2, -0.15) is 0 Å². The number of hydrogen-bond acceptors (Lipinski definition) is 5. The molecule has 0 aromatic carbocycles. The van der Waals surface area contributed by atoms with Crippen LogP contribution < -0.4 is 0 Å². The predicted octanol–water partition coefficient (Wildman–Crippen LogP) is 3.23. The zero-order chi connectivity index (χ0) is 18.5. The maximum atomic E-state index is 11.2. The summed E-state index contributed by atoms with van der Waals surface area (Å²) in [6, 6.07) is 0. The molecule has 24 heavy (non-hydrogen) atoms. The van der Waals surface area contributed by atoms with Crippen molar-refractivity contribution in [1.29, 1.82) is 0 Å². The molecule has 5 nitrogen and oxygen atoms in total. The van der Waals surface area contributed by atoms with Gasteiger partial charge in [-0.3, -0.25) is 0 Å². The van der Waals surface area contributed by atoms with Gasteiger partial charge in [0.1, 0.15) is 0 Å². The lowest BCUT2D eigenvalue weighted by atomic mass is 9.84. The minimum Gasteiger partial charge on any atom is -0.466 e. The summed E-state index contributed by atoms with van der Waals surface area (Å²) in [5, 5.41) is 10.4. The molecule has 1 N–H and O–H groups in total. The third kappa shape index (κ3) is 5.72. The van der Waals surface area contributed by atoms with Crippen LogP contribution in [0.4, 0.5) is 0 Å². The van der Waals surface area contributed by atoms with E-state index in [2.05, 4.69) is 11.3 Å². The molecule has 0 bridgehead atoms. The summed E-state index contributed by atoms with van der Waals surface area (Å²) < 4.78 is 16.8. The van der Waals surface area contributed by atoms with Gasteiger partial charge in [0.25, 0.3) is 0 Å². The Bertz CT molecular complexity index is 470. The summed E-state index contributed by atoms with van der Waals surface area (Å²) in [6.45, 7) is 13.4. The fraction of sp³-hybridized carbons (Fsp3) is 0.737. The van der Waals surface area contributed by atoms with Gasteiger partial charge in [0.2, 0.25) is 0 Å². The van der Waals surface area contributed by atoms with Gasteiger partial charge >= 0.3 is 5.97 Å². The Morgan fingerprint density at radius 1 is 1.38 bits per heavy atom. The maximum Gasteiger partial charge on any atom is 0.330 e. The quantitative estimate of drug-likeness (QED) is 0.417. The number of carbonyl (C=O) groups is 1. The molecule has 0 spiro atoms. The minimum absolute atomic E-state index is 0.0218. The maximum absolute atomic E-state index is 11.2. The molecule has 138 valence electrons. The van der Waals surface area contributed by atoms with Crippen molar-refractivity contribution in [2.45, 2.75) is 71.1 Å². The van der Waals surface area contributed by atoms with E-state index in [1.165, 1.54) is 13.2 Å². The van der Waals surface area contributed by atoms with Crippen LogP contribution in [0.5, 0.6) is 0 Å². The highest BCUT2D eigenvalue weighted by Gasteiger charge is 2.51. The second-order valence-electron chi connectivity index (χ2n) is 7.38. The Labute approximate surface area is 145 Å². The Kier molecular flexibility index (Phi) is 7.20. The SMILES string of the molecule is C=C[C@@H](C)[C@@H](O)C[C@@]1(C)OC(C)(C)O[C@H]1C[C@H](C)/C=C/C(=O)OC. The van der Waals surface area contributed by atoms with Crippen LogP contribution in [0.2, 0.25) is 0 Å². The van der Waals surface area contributed by atoms with E-state index in [0.717, 1.165) is 0 Å². The number of ether oxygens (including phenoxy) is 3. The van der Waals surface area contributed by atoms with Gasteiger partial charge in [0.15, 0.2) is 5.79 Å². The monoisotopic (exact) mass is 340 g/mol. The molecule has 5 atom stereocenters. The lowest BCUT2D eigenvalue weighted by molar-refractivity contribution is -0.165. The van der Waals surface area contributed by atoms with Gasteiger partial charge < -0.3 is 19.3 Å². The van der Waals surface area contributed by atoms with Crippen molar-refractivity contribution in [2.75, 3.05) is 7.11 Å². The van der Waals surface area contributed by atoms with Crippen LogP contribution in [0, 0.1) is 11.8 Å². The van der Waals surface area contributed by atoms with Crippen molar-refractivity contribution in [3.63, 3.8) is 0 Å². The first-order valence-electron chi connectivity index (χ1n) is 8.47. The molecule has 1 fully saturated rings. The van der Waals surface area contributed by atoms with Gasteiger partial charge in [-0.05, 0) is 39.0 Å². The molecule has 0 saturated carbocycles. The van der Waals surface area contributed by atoms with E-state index in [4.69, 9.17) is 9.47 Å². The zero-order valence-electron chi connectivity index (χ0n) is 15.7. The van der Waals surface area contributed by atoms with E-state index in [-0.39, 0.29) is 23.9 Å². The molecule has 0 radical (unpaired) electrons. The van der Waals surface area contributed by atoms with Crippen molar-refractivity contribution in [3.05, 3.63) is 24.8 Å². The van der Waals surface area contributed by atoms with E-state index in [1.807, 2.05) is 40.7 Å². The first-order chi connectivity index (χ1) is 11.0. The summed E-state index contributed by atoms with van der Waals surface area (Å²) in [5.74, 6) is -0.988. The fourth-order valence-electron chi connectivity index (χ4n) is 3.07. The van der Waals surface area contributed by atoms with Crippen LogP contribution in [0.15, 0.2) is 24.8 Å². The number of aliphatic hydroxyl groups excluding tert-OH is 1. The fourth-order valence-corrected chi connectivity index (χ4v) is 3.07. The van der Waals surface area contributed by atoms with E-state index >= 15 is 0 Å². The lowest BCUT2D eigenvalue weighted by Gasteiger charge is -2.33. The van der Waals surface area contributed by atoms with E-state index in [1.54, 1.807) is 6.08 Å². The van der Waals surface area contributed by atoms with E-state index in [9.17, 15) is 9.90 Å². The molecular formula is C19H32O5. The molecule has 0 aliphatic carbocycles. The average Bonchev–Trinajstić information content (AvgIpc) is 2.72. The van der Waals surface area contributed by atoms with Gasteiger partial charge in [-0.15, -0.1) is 6.58 Å². The van der Waals surface area contributed by atoms with Crippen molar-refractivity contribution in [1.82, 2.24) is 0 Å². The third-order valence-corrected chi connectivity index (χ3v) is 4.53. The summed E-state index contributed by atoms with van der Waals surface area (Å²) in [5.41, 5.74) is -0.604.